The molecule has 1 saturated heterocycles. The highest BCUT2D eigenvalue weighted by molar-refractivity contribution is 5.46. The molecule has 0 radical (unpaired) electrons. The summed E-state index contributed by atoms with van der Waals surface area (Å²) >= 11 is 0. The molecule has 1 atom stereocenters. The van der Waals surface area contributed by atoms with Crippen molar-refractivity contribution in [2.24, 2.45) is 0 Å². The van der Waals surface area contributed by atoms with Gasteiger partial charge in [-0.05, 0) is 49.2 Å². The SMILES string of the molecule is CN(CCC#N)c1ccc(CNC[C@H](c2ccccc2)N2CCCC2)cc1. The molecule has 0 aliphatic carbocycles. The highest BCUT2D eigenvalue weighted by Crippen LogP contribution is 2.24. The van der Waals surface area contributed by atoms with Crippen molar-refractivity contribution in [1.82, 2.24) is 10.2 Å². The predicted molar refractivity (Wildman–Crippen MR) is 112 cm³/mol. The van der Waals surface area contributed by atoms with E-state index in [4.69, 9.17) is 5.26 Å². The first-order chi connectivity index (χ1) is 13.3. The van der Waals surface area contributed by atoms with E-state index in [1.165, 1.54) is 37.1 Å². The molecule has 1 heterocycles. The van der Waals surface area contributed by atoms with Gasteiger partial charge in [0.25, 0.3) is 0 Å². The van der Waals surface area contributed by atoms with Crippen molar-refractivity contribution in [2.45, 2.75) is 31.8 Å². The zero-order chi connectivity index (χ0) is 18.9. The number of rotatable bonds is 9. The topological polar surface area (TPSA) is 42.3 Å². The summed E-state index contributed by atoms with van der Waals surface area (Å²) in [5.41, 5.74) is 3.86. The number of nitrogens with zero attached hydrogens (tertiary/aromatic N) is 3. The Morgan fingerprint density at radius 3 is 2.44 bits per heavy atom. The standard InChI is InChI=1S/C23H30N4/c1-26(15-7-14-24)22-12-10-20(11-13-22)18-25-19-23(27-16-5-6-17-27)21-8-3-2-4-9-21/h2-4,8-13,23,25H,5-7,15-19H2,1H3/t23-/m1/s1. The van der Waals surface area contributed by atoms with Gasteiger partial charge >= 0.3 is 0 Å². The average Bonchev–Trinajstić information content (AvgIpc) is 3.25. The van der Waals surface area contributed by atoms with Crippen LogP contribution in [0.3, 0.4) is 0 Å². The minimum atomic E-state index is 0.449. The van der Waals surface area contributed by atoms with Crippen molar-refractivity contribution < 1.29 is 0 Å². The Labute approximate surface area is 163 Å². The lowest BCUT2D eigenvalue weighted by Gasteiger charge is -2.28. The quantitative estimate of drug-likeness (QED) is 0.733. The van der Waals surface area contributed by atoms with Gasteiger partial charge in [-0.15, -0.1) is 0 Å². The van der Waals surface area contributed by atoms with E-state index in [-0.39, 0.29) is 0 Å². The third kappa shape index (κ3) is 5.56. The van der Waals surface area contributed by atoms with Gasteiger partial charge in [0.05, 0.1) is 12.5 Å². The van der Waals surface area contributed by atoms with Gasteiger partial charge in [-0.2, -0.15) is 5.26 Å². The van der Waals surface area contributed by atoms with Crippen LogP contribution in [0.5, 0.6) is 0 Å². The number of benzene rings is 2. The van der Waals surface area contributed by atoms with Crippen LogP contribution in [-0.2, 0) is 6.54 Å². The molecule has 1 aliphatic heterocycles. The first-order valence-corrected chi connectivity index (χ1v) is 9.94. The van der Waals surface area contributed by atoms with E-state index in [0.29, 0.717) is 12.5 Å². The second-order valence-electron chi connectivity index (χ2n) is 7.30. The van der Waals surface area contributed by atoms with Crippen LogP contribution in [0, 0.1) is 11.3 Å². The Morgan fingerprint density at radius 1 is 1.07 bits per heavy atom. The Bertz CT molecular complexity index is 714. The van der Waals surface area contributed by atoms with Gasteiger partial charge in [-0.25, -0.2) is 0 Å². The second kappa shape index (κ2) is 10.1. The van der Waals surface area contributed by atoms with E-state index in [1.807, 2.05) is 7.05 Å². The van der Waals surface area contributed by atoms with E-state index in [1.54, 1.807) is 0 Å². The number of nitriles is 1. The third-order valence-corrected chi connectivity index (χ3v) is 5.37. The molecule has 2 aromatic carbocycles. The van der Waals surface area contributed by atoms with Crippen LogP contribution in [0.4, 0.5) is 5.69 Å². The molecule has 27 heavy (non-hydrogen) atoms. The van der Waals surface area contributed by atoms with Gasteiger partial charge in [0.1, 0.15) is 0 Å². The van der Waals surface area contributed by atoms with Crippen LogP contribution in [-0.4, -0.2) is 38.1 Å². The highest BCUT2D eigenvalue weighted by Gasteiger charge is 2.22. The fourth-order valence-electron chi connectivity index (χ4n) is 3.75. The number of likely N-dealkylation sites (tertiary alicyclic amines) is 1. The minimum absolute atomic E-state index is 0.449. The Kier molecular flexibility index (Phi) is 7.27. The third-order valence-electron chi connectivity index (χ3n) is 5.37. The number of hydrogen-bond donors (Lipinski definition) is 1. The van der Waals surface area contributed by atoms with E-state index in [0.717, 1.165) is 25.3 Å². The zero-order valence-corrected chi connectivity index (χ0v) is 16.3. The largest absolute Gasteiger partial charge is 0.374 e. The summed E-state index contributed by atoms with van der Waals surface area (Å²) in [6.07, 6.45) is 3.17. The predicted octanol–water partition coefficient (Wildman–Crippen LogP) is 3.96. The number of hydrogen-bond acceptors (Lipinski definition) is 4. The van der Waals surface area contributed by atoms with Crippen LogP contribution < -0.4 is 10.2 Å². The Morgan fingerprint density at radius 2 is 1.78 bits per heavy atom. The molecule has 0 aromatic heterocycles. The highest BCUT2D eigenvalue weighted by atomic mass is 15.2. The summed E-state index contributed by atoms with van der Waals surface area (Å²) in [6, 6.07) is 22.2. The molecule has 0 bridgehead atoms. The molecule has 0 amide bonds. The van der Waals surface area contributed by atoms with Gasteiger partial charge < -0.3 is 10.2 Å². The van der Waals surface area contributed by atoms with Gasteiger partial charge in [0.2, 0.25) is 0 Å². The monoisotopic (exact) mass is 362 g/mol. The molecule has 1 aliphatic rings. The van der Waals surface area contributed by atoms with Gasteiger partial charge in [0.15, 0.2) is 0 Å². The van der Waals surface area contributed by atoms with Crippen LogP contribution in [0.1, 0.15) is 36.4 Å². The Balaban J connectivity index is 1.54. The molecule has 0 spiro atoms. The summed E-state index contributed by atoms with van der Waals surface area (Å²) in [5.74, 6) is 0. The fraction of sp³-hybridized carbons (Fsp3) is 0.435. The first kappa shape index (κ1) is 19.4. The molecule has 1 N–H and O–H groups in total. The first-order valence-electron chi connectivity index (χ1n) is 9.94. The van der Waals surface area contributed by atoms with Crippen LogP contribution in [0.25, 0.3) is 0 Å². The van der Waals surface area contributed by atoms with Crippen molar-refractivity contribution in [1.29, 1.82) is 5.26 Å². The van der Waals surface area contributed by atoms with Crippen molar-refractivity contribution in [3.63, 3.8) is 0 Å². The maximum atomic E-state index is 8.72. The fourth-order valence-corrected chi connectivity index (χ4v) is 3.75. The van der Waals surface area contributed by atoms with E-state index in [9.17, 15) is 0 Å². The van der Waals surface area contributed by atoms with Gasteiger partial charge in [-0.3, -0.25) is 4.90 Å². The molecule has 142 valence electrons. The van der Waals surface area contributed by atoms with Crippen LogP contribution in [0.15, 0.2) is 54.6 Å². The summed E-state index contributed by atoms with van der Waals surface area (Å²) in [4.78, 5) is 4.73. The molecule has 0 unspecified atom stereocenters. The van der Waals surface area contributed by atoms with Crippen LogP contribution >= 0.6 is 0 Å². The van der Waals surface area contributed by atoms with Crippen molar-refractivity contribution in [2.75, 3.05) is 38.1 Å². The molecule has 4 heteroatoms. The van der Waals surface area contributed by atoms with Gasteiger partial charge in [-0.1, -0.05) is 42.5 Å². The minimum Gasteiger partial charge on any atom is -0.374 e. The molecular weight excluding hydrogens is 332 g/mol. The summed E-state index contributed by atoms with van der Waals surface area (Å²) < 4.78 is 0. The van der Waals surface area contributed by atoms with Crippen molar-refractivity contribution in [3.05, 3.63) is 65.7 Å². The van der Waals surface area contributed by atoms with E-state index in [2.05, 4.69) is 75.8 Å². The van der Waals surface area contributed by atoms with Crippen molar-refractivity contribution in [3.8, 4) is 6.07 Å². The molecule has 1 fully saturated rings. The number of nitrogens with one attached hydrogen (secondary N) is 1. The average molecular weight is 363 g/mol. The smallest absolute Gasteiger partial charge is 0.0640 e. The van der Waals surface area contributed by atoms with Crippen LogP contribution in [0.2, 0.25) is 0 Å². The maximum Gasteiger partial charge on any atom is 0.0640 e. The zero-order valence-electron chi connectivity index (χ0n) is 16.3. The molecule has 3 rings (SSSR count). The lowest BCUT2D eigenvalue weighted by Crippen LogP contribution is -2.34. The molecule has 0 saturated carbocycles. The van der Waals surface area contributed by atoms with E-state index < -0.39 is 0 Å². The normalized spacial score (nSPS) is 15.4. The van der Waals surface area contributed by atoms with Crippen molar-refractivity contribution >= 4 is 5.69 Å². The lowest BCUT2D eigenvalue weighted by atomic mass is 10.1. The summed E-state index contributed by atoms with van der Waals surface area (Å²) in [7, 11) is 2.03. The lowest BCUT2D eigenvalue weighted by molar-refractivity contribution is 0.238. The van der Waals surface area contributed by atoms with Gasteiger partial charge in [0, 0.05) is 38.4 Å². The summed E-state index contributed by atoms with van der Waals surface area (Å²) in [5, 5.41) is 12.4. The number of anilines is 1. The maximum absolute atomic E-state index is 8.72. The molecule has 4 nitrogen and oxygen atoms in total. The Hall–Kier alpha value is -2.35. The second-order valence-corrected chi connectivity index (χ2v) is 7.30. The molecular formula is C23H30N4. The summed E-state index contributed by atoms with van der Waals surface area (Å²) in [6.45, 7) is 5.01. The molecule has 2 aromatic rings. The van der Waals surface area contributed by atoms with E-state index >= 15 is 0 Å².